The van der Waals surface area contributed by atoms with E-state index in [1.807, 2.05) is 42.5 Å². The minimum absolute atomic E-state index is 0.0177. The summed E-state index contributed by atoms with van der Waals surface area (Å²) in [5, 5.41) is 3.98. The van der Waals surface area contributed by atoms with E-state index in [0.29, 0.717) is 18.2 Å². The van der Waals surface area contributed by atoms with Crippen LogP contribution in [0, 0.1) is 0 Å². The molecule has 2 aliphatic rings. The molecule has 4 nitrogen and oxygen atoms in total. The van der Waals surface area contributed by atoms with E-state index < -0.39 is 0 Å². The maximum Gasteiger partial charge on any atom is 0.252 e. The lowest BCUT2D eigenvalue weighted by Gasteiger charge is -2.12. The third-order valence-corrected chi connectivity index (χ3v) is 4.86. The average molecular weight is 330 g/mol. The molecule has 1 aliphatic heterocycles. The van der Waals surface area contributed by atoms with Gasteiger partial charge in [-0.2, -0.15) is 0 Å². The molecule has 25 heavy (non-hydrogen) atoms. The zero-order chi connectivity index (χ0) is 16.8. The molecule has 1 aromatic heterocycles. The van der Waals surface area contributed by atoms with Crippen LogP contribution < -0.4 is 10.1 Å². The van der Waals surface area contributed by atoms with E-state index in [2.05, 4.69) is 11.4 Å². The lowest BCUT2D eigenvalue weighted by atomic mass is 10.0. The summed E-state index contributed by atoms with van der Waals surface area (Å²) in [5.41, 5.74) is 4.47. The van der Waals surface area contributed by atoms with E-state index in [4.69, 9.17) is 9.72 Å². The van der Waals surface area contributed by atoms with Crippen molar-refractivity contribution < 1.29 is 9.53 Å². The fourth-order valence-electron chi connectivity index (χ4n) is 3.41. The van der Waals surface area contributed by atoms with Gasteiger partial charge < -0.3 is 10.1 Å². The van der Waals surface area contributed by atoms with Crippen LogP contribution in [0.25, 0.3) is 22.2 Å². The maximum absolute atomic E-state index is 12.8. The Morgan fingerprint density at radius 1 is 1.12 bits per heavy atom. The highest BCUT2D eigenvalue weighted by Gasteiger charge is 2.25. The third-order valence-electron chi connectivity index (χ3n) is 4.86. The summed E-state index contributed by atoms with van der Waals surface area (Å²) in [4.78, 5) is 17.6. The van der Waals surface area contributed by atoms with Crippen LogP contribution in [0.3, 0.4) is 0 Å². The number of fused-ring (bicyclic) bond motifs is 2. The third kappa shape index (κ3) is 2.54. The predicted octanol–water partition coefficient (Wildman–Crippen LogP) is 3.73. The molecule has 0 bridgehead atoms. The molecule has 0 unspecified atom stereocenters. The SMILES string of the molecule is O=C(NC1CC1)c1cc(-c2cccc3c2OCC3)nc2ccccc12. The van der Waals surface area contributed by atoms with Crippen molar-refractivity contribution in [3.63, 3.8) is 0 Å². The van der Waals surface area contributed by atoms with Crippen molar-refractivity contribution >= 4 is 16.8 Å². The van der Waals surface area contributed by atoms with Crippen LogP contribution >= 0.6 is 0 Å². The number of rotatable bonds is 3. The standard InChI is InChI=1S/C21H18N2O2/c24-21(22-14-8-9-14)17-12-19(23-18-7-2-1-5-15(17)18)16-6-3-4-13-10-11-25-20(13)16/h1-7,12,14H,8-11H2,(H,22,24). The van der Waals surface area contributed by atoms with Crippen molar-refractivity contribution in [2.45, 2.75) is 25.3 Å². The molecular formula is C21H18N2O2. The molecule has 0 atom stereocenters. The van der Waals surface area contributed by atoms with Gasteiger partial charge in [0.25, 0.3) is 5.91 Å². The van der Waals surface area contributed by atoms with Crippen LogP contribution in [0.4, 0.5) is 0 Å². The zero-order valence-corrected chi connectivity index (χ0v) is 13.8. The normalized spacial score (nSPS) is 15.7. The monoisotopic (exact) mass is 330 g/mol. The van der Waals surface area contributed by atoms with Gasteiger partial charge in [0.2, 0.25) is 0 Å². The van der Waals surface area contributed by atoms with Gasteiger partial charge in [-0.25, -0.2) is 4.98 Å². The number of amides is 1. The fourth-order valence-corrected chi connectivity index (χ4v) is 3.41. The second-order valence-electron chi connectivity index (χ2n) is 6.71. The molecule has 1 aliphatic carbocycles. The minimum Gasteiger partial charge on any atom is -0.492 e. The van der Waals surface area contributed by atoms with Crippen molar-refractivity contribution in [3.05, 3.63) is 59.7 Å². The first-order chi connectivity index (χ1) is 12.3. The van der Waals surface area contributed by atoms with Crippen molar-refractivity contribution in [2.24, 2.45) is 0 Å². The maximum atomic E-state index is 12.8. The van der Waals surface area contributed by atoms with Crippen molar-refractivity contribution in [3.8, 4) is 17.0 Å². The Bertz CT molecular complexity index is 992. The fraction of sp³-hybridized carbons (Fsp3) is 0.238. The van der Waals surface area contributed by atoms with E-state index in [9.17, 15) is 4.79 Å². The highest BCUT2D eigenvalue weighted by molar-refractivity contribution is 6.07. The van der Waals surface area contributed by atoms with Crippen molar-refractivity contribution in [1.29, 1.82) is 0 Å². The van der Waals surface area contributed by atoms with E-state index in [-0.39, 0.29) is 5.91 Å². The molecule has 5 rings (SSSR count). The summed E-state index contributed by atoms with van der Waals surface area (Å²) in [7, 11) is 0. The zero-order valence-electron chi connectivity index (χ0n) is 13.8. The highest BCUT2D eigenvalue weighted by atomic mass is 16.5. The van der Waals surface area contributed by atoms with Gasteiger partial charge in [-0.05, 0) is 36.6 Å². The molecule has 1 N–H and O–H groups in total. The first-order valence-corrected chi connectivity index (χ1v) is 8.75. The van der Waals surface area contributed by atoms with Crippen molar-refractivity contribution in [2.75, 3.05) is 6.61 Å². The van der Waals surface area contributed by atoms with Gasteiger partial charge in [0.15, 0.2) is 0 Å². The van der Waals surface area contributed by atoms with Crippen LogP contribution in [0.1, 0.15) is 28.8 Å². The lowest BCUT2D eigenvalue weighted by Crippen LogP contribution is -2.25. The summed E-state index contributed by atoms with van der Waals surface area (Å²) >= 11 is 0. The summed E-state index contributed by atoms with van der Waals surface area (Å²) in [5.74, 6) is 0.884. The molecule has 1 fully saturated rings. The van der Waals surface area contributed by atoms with Crippen molar-refractivity contribution in [1.82, 2.24) is 10.3 Å². The molecule has 3 aromatic rings. The van der Waals surface area contributed by atoms with E-state index >= 15 is 0 Å². The number of carbonyl (C=O) groups excluding carboxylic acids is 1. The molecule has 0 saturated heterocycles. The first-order valence-electron chi connectivity index (χ1n) is 8.75. The summed E-state index contributed by atoms with van der Waals surface area (Å²) in [6, 6.07) is 16.2. The van der Waals surface area contributed by atoms with E-state index in [1.54, 1.807) is 0 Å². The number of pyridine rings is 1. The average Bonchev–Trinajstić information content (AvgIpc) is 3.32. The molecule has 1 amide bonds. The number of para-hydroxylation sites is 2. The highest BCUT2D eigenvalue weighted by Crippen LogP contribution is 2.37. The van der Waals surface area contributed by atoms with E-state index in [1.165, 1.54) is 5.56 Å². The number of nitrogens with zero attached hydrogens (tertiary/aromatic N) is 1. The number of nitrogens with one attached hydrogen (secondary N) is 1. The predicted molar refractivity (Wildman–Crippen MR) is 96.9 cm³/mol. The molecule has 0 radical (unpaired) electrons. The number of hydrogen-bond acceptors (Lipinski definition) is 3. The Balaban J connectivity index is 1.69. The van der Waals surface area contributed by atoms with Crippen LogP contribution in [-0.4, -0.2) is 23.5 Å². The molecule has 124 valence electrons. The molecule has 0 spiro atoms. The quantitative estimate of drug-likeness (QED) is 0.796. The second-order valence-corrected chi connectivity index (χ2v) is 6.71. The second kappa shape index (κ2) is 5.59. The van der Waals surface area contributed by atoms with Gasteiger partial charge in [0.1, 0.15) is 5.75 Å². The molecule has 2 heterocycles. The van der Waals surface area contributed by atoms with Gasteiger partial charge in [0, 0.05) is 23.4 Å². The molecular weight excluding hydrogens is 312 g/mol. The van der Waals surface area contributed by atoms with Gasteiger partial charge in [-0.1, -0.05) is 30.3 Å². The summed E-state index contributed by atoms with van der Waals surface area (Å²) < 4.78 is 5.83. The first kappa shape index (κ1) is 14.5. The van der Waals surface area contributed by atoms with Gasteiger partial charge >= 0.3 is 0 Å². The Morgan fingerprint density at radius 3 is 2.88 bits per heavy atom. The van der Waals surface area contributed by atoms with Gasteiger partial charge in [-0.3, -0.25) is 4.79 Å². The van der Waals surface area contributed by atoms with Crippen LogP contribution in [0.15, 0.2) is 48.5 Å². The van der Waals surface area contributed by atoms with Gasteiger partial charge in [0.05, 0.1) is 23.4 Å². The Labute approximate surface area is 145 Å². The summed E-state index contributed by atoms with van der Waals surface area (Å²) in [6.07, 6.45) is 3.06. The Hall–Kier alpha value is -2.88. The lowest BCUT2D eigenvalue weighted by molar-refractivity contribution is 0.0952. The molecule has 1 saturated carbocycles. The summed E-state index contributed by atoms with van der Waals surface area (Å²) in [6.45, 7) is 0.703. The number of carbonyl (C=O) groups is 1. The van der Waals surface area contributed by atoms with Crippen LogP contribution in [0.5, 0.6) is 5.75 Å². The topological polar surface area (TPSA) is 51.2 Å². The van der Waals surface area contributed by atoms with Crippen LogP contribution in [0.2, 0.25) is 0 Å². The minimum atomic E-state index is -0.0177. The Kier molecular flexibility index (Phi) is 3.23. The van der Waals surface area contributed by atoms with E-state index in [0.717, 1.165) is 47.2 Å². The molecule has 2 aromatic carbocycles. The number of benzene rings is 2. The smallest absolute Gasteiger partial charge is 0.252 e. The number of hydrogen-bond donors (Lipinski definition) is 1. The molecule has 4 heteroatoms. The largest absolute Gasteiger partial charge is 0.492 e. The van der Waals surface area contributed by atoms with Crippen LogP contribution in [-0.2, 0) is 6.42 Å². The Morgan fingerprint density at radius 2 is 2.00 bits per heavy atom. The number of ether oxygens (including phenoxy) is 1. The number of aromatic nitrogens is 1. The van der Waals surface area contributed by atoms with Gasteiger partial charge in [-0.15, -0.1) is 0 Å².